The average molecular weight is 405 g/mol. The lowest BCUT2D eigenvalue weighted by atomic mass is 9.99. The molecule has 0 aliphatic carbocycles. The van der Waals surface area contributed by atoms with Gasteiger partial charge in [-0.05, 0) is 54.8 Å². The lowest BCUT2D eigenvalue weighted by Gasteiger charge is -2.16. The highest BCUT2D eigenvalue weighted by Crippen LogP contribution is 2.28. The molecular formula is C22H25F2NO4. The summed E-state index contributed by atoms with van der Waals surface area (Å²) in [5.41, 5.74) is 1.09. The van der Waals surface area contributed by atoms with E-state index in [1.807, 2.05) is 25.1 Å². The van der Waals surface area contributed by atoms with Gasteiger partial charge in [0.25, 0.3) is 5.91 Å². The molecule has 7 heteroatoms. The topological polar surface area (TPSA) is 67.8 Å². The second kappa shape index (κ2) is 11.2. The molecule has 2 N–H and O–H groups in total. The van der Waals surface area contributed by atoms with E-state index >= 15 is 0 Å². The van der Waals surface area contributed by atoms with Crippen molar-refractivity contribution in [2.75, 3.05) is 26.9 Å². The minimum Gasteiger partial charge on any atom is -0.493 e. The lowest BCUT2D eigenvalue weighted by molar-refractivity contribution is -0.123. The Morgan fingerprint density at radius 3 is 2.69 bits per heavy atom. The summed E-state index contributed by atoms with van der Waals surface area (Å²) in [5.74, 6) is -1.02. The smallest absolute Gasteiger partial charge is 0.257 e. The Morgan fingerprint density at radius 2 is 2.00 bits per heavy atom. The van der Waals surface area contributed by atoms with Crippen LogP contribution >= 0.6 is 0 Å². The molecule has 0 unspecified atom stereocenters. The molecule has 0 aliphatic rings. The summed E-state index contributed by atoms with van der Waals surface area (Å²) >= 11 is 0. The number of carbonyl (C=O) groups excluding carboxylic acids is 1. The van der Waals surface area contributed by atoms with E-state index < -0.39 is 23.5 Å². The van der Waals surface area contributed by atoms with Crippen molar-refractivity contribution in [2.24, 2.45) is 5.92 Å². The lowest BCUT2D eigenvalue weighted by Crippen LogP contribution is -2.35. The van der Waals surface area contributed by atoms with Gasteiger partial charge in [-0.2, -0.15) is 0 Å². The van der Waals surface area contributed by atoms with Crippen molar-refractivity contribution in [2.45, 2.75) is 13.3 Å². The van der Waals surface area contributed by atoms with Crippen molar-refractivity contribution in [3.63, 3.8) is 0 Å². The molecule has 29 heavy (non-hydrogen) atoms. The fourth-order valence-electron chi connectivity index (χ4n) is 2.76. The van der Waals surface area contributed by atoms with Gasteiger partial charge in [-0.1, -0.05) is 18.2 Å². The molecule has 2 aromatic rings. The van der Waals surface area contributed by atoms with Gasteiger partial charge in [0.15, 0.2) is 18.1 Å². The summed E-state index contributed by atoms with van der Waals surface area (Å²) in [6.07, 6.45) is 3.91. The molecule has 0 aromatic heterocycles. The zero-order valence-electron chi connectivity index (χ0n) is 16.5. The molecule has 0 heterocycles. The number of aliphatic hydroxyl groups excluding tert-OH is 1. The number of nitrogens with one attached hydrogen (secondary N) is 1. The van der Waals surface area contributed by atoms with E-state index in [4.69, 9.17) is 9.47 Å². The number of allylic oxidation sites excluding steroid dienone is 1. The average Bonchev–Trinajstić information content (AvgIpc) is 2.72. The van der Waals surface area contributed by atoms with Gasteiger partial charge in [-0.15, -0.1) is 0 Å². The van der Waals surface area contributed by atoms with E-state index in [0.29, 0.717) is 11.5 Å². The second-order valence-corrected chi connectivity index (χ2v) is 6.49. The van der Waals surface area contributed by atoms with E-state index in [2.05, 4.69) is 5.32 Å². The van der Waals surface area contributed by atoms with Gasteiger partial charge in [0.2, 0.25) is 0 Å². The molecule has 1 amide bonds. The Hall–Kier alpha value is -2.93. The number of methoxy groups -OCH3 is 1. The van der Waals surface area contributed by atoms with Crippen molar-refractivity contribution in [3.8, 4) is 11.5 Å². The number of benzene rings is 2. The third kappa shape index (κ3) is 6.87. The highest BCUT2D eigenvalue weighted by Gasteiger charge is 2.15. The Balaban J connectivity index is 1.88. The molecule has 2 aromatic carbocycles. The quantitative estimate of drug-likeness (QED) is 0.636. The minimum atomic E-state index is -0.551. The number of ether oxygens (including phenoxy) is 2. The van der Waals surface area contributed by atoms with Crippen LogP contribution in [-0.2, 0) is 11.2 Å². The van der Waals surface area contributed by atoms with Crippen LogP contribution in [0, 0.1) is 17.6 Å². The van der Waals surface area contributed by atoms with E-state index in [9.17, 15) is 18.7 Å². The zero-order valence-corrected chi connectivity index (χ0v) is 16.5. The largest absolute Gasteiger partial charge is 0.493 e. The first-order valence-corrected chi connectivity index (χ1v) is 9.21. The summed E-state index contributed by atoms with van der Waals surface area (Å²) in [7, 11) is 1.51. The Kier molecular flexibility index (Phi) is 8.61. The predicted molar refractivity (Wildman–Crippen MR) is 107 cm³/mol. The maximum atomic E-state index is 13.8. The number of halogens is 2. The number of rotatable bonds is 10. The normalized spacial score (nSPS) is 12.0. The molecule has 2 rings (SSSR count). The van der Waals surface area contributed by atoms with Gasteiger partial charge in [0.1, 0.15) is 11.6 Å². The van der Waals surface area contributed by atoms with Crippen LogP contribution in [0.5, 0.6) is 11.5 Å². The molecule has 0 saturated heterocycles. The monoisotopic (exact) mass is 405 g/mol. The molecule has 0 spiro atoms. The van der Waals surface area contributed by atoms with Crippen LogP contribution in [0.3, 0.4) is 0 Å². The first-order chi connectivity index (χ1) is 14.0. The number of amides is 1. The highest BCUT2D eigenvalue weighted by atomic mass is 19.1. The van der Waals surface area contributed by atoms with Crippen LogP contribution in [0.2, 0.25) is 0 Å². The Labute approximate surface area is 169 Å². The SMILES string of the molecule is C/C=C/c1ccc(OCC(=O)NC[C@@H](CO)Cc2cc(F)ccc2F)c(OC)c1. The van der Waals surface area contributed by atoms with Crippen LogP contribution in [0.15, 0.2) is 42.5 Å². The summed E-state index contributed by atoms with van der Waals surface area (Å²) in [6.45, 7) is 1.48. The van der Waals surface area contributed by atoms with Crippen molar-refractivity contribution in [3.05, 3.63) is 65.2 Å². The van der Waals surface area contributed by atoms with Gasteiger partial charge in [0.05, 0.1) is 7.11 Å². The Bertz CT molecular complexity index is 855. The maximum absolute atomic E-state index is 13.8. The molecule has 0 bridgehead atoms. The summed E-state index contributed by atoms with van der Waals surface area (Å²) < 4.78 is 37.8. The van der Waals surface area contributed by atoms with Gasteiger partial charge >= 0.3 is 0 Å². The van der Waals surface area contributed by atoms with E-state index in [-0.39, 0.29) is 31.7 Å². The fraction of sp³-hybridized carbons (Fsp3) is 0.318. The van der Waals surface area contributed by atoms with Crippen molar-refractivity contribution < 1.29 is 28.2 Å². The van der Waals surface area contributed by atoms with Crippen LogP contribution in [-0.4, -0.2) is 37.9 Å². The summed E-state index contributed by atoms with van der Waals surface area (Å²) in [4.78, 5) is 12.1. The van der Waals surface area contributed by atoms with Gasteiger partial charge in [-0.3, -0.25) is 4.79 Å². The molecule has 0 radical (unpaired) electrons. The van der Waals surface area contributed by atoms with Crippen LogP contribution in [0.25, 0.3) is 6.08 Å². The van der Waals surface area contributed by atoms with E-state index in [1.54, 1.807) is 12.1 Å². The first-order valence-electron chi connectivity index (χ1n) is 9.21. The molecule has 0 fully saturated rings. The van der Waals surface area contributed by atoms with Crippen LogP contribution < -0.4 is 14.8 Å². The second-order valence-electron chi connectivity index (χ2n) is 6.49. The molecule has 0 saturated carbocycles. The van der Waals surface area contributed by atoms with Crippen molar-refractivity contribution in [1.82, 2.24) is 5.32 Å². The molecule has 156 valence electrons. The summed E-state index contributed by atoms with van der Waals surface area (Å²) in [6, 6.07) is 8.51. The number of aliphatic hydroxyl groups is 1. The first kappa shape index (κ1) is 22.4. The van der Waals surface area contributed by atoms with E-state index in [1.165, 1.54) is 7.11 Å². The highest BCUT2D eigenvalue weighted by molar-refractivity contribution is 5.77. The van der Waals surface area contributed by atoms with Crippen molar-refractivity contribution >= 4 is 12.0 Å². The molecular weight excluding hydrogens is 380 g/mol. The molecule has 5 nitrogen and oxygen atoms in total. The Morgan fingerprint density at radius 1 is 1.21 bits per heavy atom. The number of hydrogen-bond donors (Lipinski definition) is 2. The van der Waals surface area contributed by atoms with Gasteiger partial charge in [0, 0.05) is 19.1 Å². The third-order valence-corrected chi connectivity index (χ3v) is 4.27. The van der Waals surface area contributed by atoms with E-state index in [0.717, 1.165) is 23.8 Å². The van der Waals surface area contributed by atoms with Crippen LogP contribution in [0.4, 0.5) is 8.78 Å². The van der Waals surface area contributed by atoms with Crippen LogP contribution in [0.1, 0.15) is 18.1 Å². The van der Waals surface area contributed by atoms with Crippen molar-refractivity contribution in [1.29, 1.82) is 0 Å². The van der Waals surface area contributed by atoms with Gasteiger partial charge in [-0.25, -0.2) is 8.78 Å². The third-order valence-electron chi connectivity index (χ3n) is 4.27. The maximum Gasteiger partial charge on any atom is 0.257 e. The standard InChI is InChI=1S/C22H25F2NO4/c1-3-4-15-5-8-20(21(10-15)28-2)29-14-22(27)25-12-16(13-26)9-17-11-18(23)6-7-19(17)24/h3-8,10-11,16,26H,9,12-14H2,1-2H3,(H,25,27)/b4-3+/t16-/m0/s1. The molecule has 1 atom stereocenters. The predicted octanol–water partition coefficient (Wildman–Crippen LogP) is 3.35. The fourth-order valence-corrected chi connectivity index (χ4v) is 2.76. The minimum absolute atomic E-state index is 0.0987. The molecule has 0 aliphatic heterocycles. The zero-order chi connectivity index (χ0) is 21.2. The van der Waals surface area contributed by atoms with Gasteiger partial charge < -0.3 is 19.9 Å². The number of hydrogen-bond acceptors (Lipinski definition) is 4. The summed E-state index contributed by atoms with van der Waals surface area (Å²) in [5, 5.41) is 12.1. The number of carbonyl (C=O) groups is 1.